The summed E-state index contributed by atoms with van der Waals surface area (Å²) in [7, 11) is -3.86. The number of hydrogen-bond acceptors (Lipinski definition) is 4. The van der Waals surface area contributed by atoms with Gasteiger partial charge in [-0.1, -0.05) is 44.0 Å². The Morgan fingerprint density at radius 3 is 2.21 bits per heavy atom. The Balaban J connectivity index is 2.36. The van der Waals surface area contributed by atoms with Crippen LogP contribution in [0, 0.1) is 5.41 Å². The zero-order chi connectivity index (χ0) is 21.3. The maximum absolute atomic E-state index is 13.0. The maximum atomic E-state index is 13.0. The number of amides is 1. The molecule has 0 aromatic heterocycles. The van der Waals surface area contributed by atoms with Gasteiger partial charge in [-0.05, 0) is 37.8 Å². The summed E-state index contributed by atoms with van der Waals surface area (Å²) >= 11 is 12.4. The van der Waals surface area contributed by atoms with Gasteiger partial charge in [0.1, 0.15) is 4.90 Å². The highest BCUT2D eigenvalue weighted by Gasteiger charge is 2.32. The van der Waals surface area contributed by atoms with Crippen LogP contribution in [0.15, 0.2) is 17.0 Å². The molecule has 158 valence electrons. The molecule has 1 aliphatic heterocycles. The van der Waals surface area contributed by atoms with Crippen LogP contribution in [0.25, 0.3) is 0 Å². The molecule has 6 nitrogen and oxygen atoms in total. The molecule has 1 amide bonds. The zero-order valence-corrected chi connectivity index (χ0v) is 19.3. The summed E-state index contributed by atoms with van der Waals surface area (Å²) < 4.78 is 32.5. The van der Waals surface area contributed by atoms with E-state index >= 15 is 0 Å². The summed E-state index contributed by atoms with van der Waals surface area (Å²) in [6, 6.07) is 2.57. The lowest BCUT2D eigenvalue weighted by atomic mass is 9.81. The number of nitrogens with zero attached hydrogens (tertiary/aromatic N) is 1. The summed E-state index contributed by atoms with van der Waals surface area (Å²) in [5, 5.41) is 3.05. The quantitative estimate of drug-likeness (QED) is 0.736. The molecule has 28 heavy (non-hydrogen) atoms. The van der Waals surface area contributed by atoms with Gasteiger partial charge in [-0.25, -0.2) is 8.42 Å². The molecule has 1 fully saturated rings. The third-order valence-electron chi connectivity index (χ3n) is 4.28. The van der Waals surface area contributed by atoms with E-state index in [4.69, 9.17) is 27.9 Å². The standard InChI is InChI=1S/C19H28Cl2N2O4S/c1-18(2,3)12-19(4,5)22-17(24)13-10-16(15(21)11-14(13)20)28(25,26)23-6-8-27-9-7-23/h10-11H,6-9,12H2,1-5H3,(H,22,24). The summed E-state index contributed by atoms with van der Waals surface area (Å²) in [5.74, 6) is -0.436. The van der Waals surface area contributed by atoms with Gasteiger partial charge in [0.15, 0.2) is 0 Å². The zero-order valence-electron chi connectivity index (χ0n) is 16.9. The van der Waals surface area contributed by atoms with Crippen LogP contribution in [-0.2, 0) is 14.8 Å². The van der Waals surface area contributed by atoms with E-state index in [1.165, 1.54) is 16.4 Å². The van der Waals surface area contributed by atoms with Crippen LogP contribution in [0.4, 0.5) is 0 Å². The smallest absolute Gasteiger partial charge is 0.253 e. The average Bonchev–Trinajstić information content (AvgIpc) is 2.52. The predicted molar refractivity (Wildman–Crippen MR) is 112 cm³/mol. The van der Waals surface area contributed by atoms with Gasteiger partial charge in [-0.15, -0.1) is 0 Å². The van der Waals surface area contributed by atoms with Gasteiger partial charge in [0, 0.05) is 18.6 Å². The fourth-order valence-corrected chi connectivity index (χ4v) is 5.81. The highest BCUT2D eigenvalue weighted by molar-refractivity contribution is 7.89. The van der Waals surface area contributed by atoms with Crippen LogP contribution < -0.4 is 5.32 Å². The molecule has 9 heteroatoms. The second-order valence-electron chi connectivity index (χ2n) is 8.85. The molecule has 0 unspecified atom stereocenters. The summed E-state index contributed by atoms with van der Waals surface area (Å²) in [6.45, 7) is 11.2. The van der Waals surface area contributed by atoms with Crippen molar-refractivity contribution in [3.63, 3.8) is 0 Å². The van der Waals surface area contributed by atoms with Crippen molar-refractivity contribution < 1.29 is 17.9 Å². The molecule has 0 atom stereocenters. The Labute approximate surface area is 177 Å². The number of nitrogens with one attached hydrogen (secondary N) is 1. The molecule has 0 aliphatic carbocycles. The molecule has 0 bridgehead atoms. The number of halogens is 2. The van der Waals surface area contributed by atoms with Gasteiger partial charge in [0.2, 0.25) is 10.0 Å². The number of carbonyl (C=O) groups excluding carboxylic acids is 1. The van der Waals surface area contributed by atoms with Crippen molar-refractivity contribution in [2.45, 2.75) is 51.5 Å². The fraction of sp³-hybridized carbons (Fsp3) is 0.632. The van der Waals surface area contributed by atoms with Crippen molar-refractivity contribution in [3.8, 4) is 0 Å². The first-order chi connectivity index (χ1) is 12.7. The Bertz CT molecular complexity index is 842. The normalized spacial score (nSPS) is 16.8. The number of hydrogen-bond donors (Lipinski definition) is 1. The van der Waals surface area contributed by atoms with E-state index in [9.17, 15) is 13.2 Å². The number of rotatable bonds is 5. The first-order valence-electron chi connectivity index (χ1n) is 9.12. The number of ether oxygens (including phenoxy) is 1. The van der Waals surface area contributed by atoms with E-state index < -0.39 is 21.5 Å². The van der Waals surface area contributed by atoms with Crippen LogP contribution in [0.3, 0.4) is 0 Å². The van der Waals surface area contributed by atoms with E-state index in [1.54, 1.807) is 0 Å². The number of sulfonamides is 1. The van der Waals surface area contributed by atoms with Crippen LogP contribution >= 0.6 is 23.2 Å². The van der Waals surface area contributed by atoms with Crippen molar-refractivity contribution in [3.05, 3.63) is 27.7 Å². The van der Waals surface area contributed by atoms with Crippen molar-refractivity contribution in [2.75, 3.05) is 26.3 Å². The van der Waals surface area contributed by atoms with Crippen LogP contribution in [0.5, 0.6) is 0 Å². The molecule has 0 radical (unpaired) electrons. The third kappa shape index (κ3) is 5.83. The van der Waals surface area contributed by atoms with E-state index in [0.29, 0.717) is 13.2 Å². The van der Waals surface area contributed by atoms with Crippen LogP contribution in [0.1, 0.15) is 51.4 Å². The molecule has 1 aliphatic rings. The maximum Gasteiger partial charge on any atom is 0.253 e. The number of benzene rings is 1. The van der Waals surface area contributed by atoms with Gasteiger partial charge in [0.05, 0.1) is 28.8 Å². The van der Waals surface area contributed by atoms with Gasteiger partial charge >= 0.3 is 0 Å². The minimum absolute atomic E-state index is 0.00536. The van der Waals surface area contributed by atoms with Crippen molar-refractivity contribution in [2.24, 2.45) is 5.41 Å². The SMILES string of the molecule is CC(C)(C)CC(C)(C)NC(=O)c1cc(S(=O)(=O)N2CCOCC2)c(Cl)cc1Cl. The predicted octanol–water partition coefficient (Wildman–Crippen LogP) is 3.96. The first kappa shape index (κ1) is 23.4. The fourth-order valence-electron chi connectivity index (χ4n) is 3.57. The highest BCUT2D eigenvalue weighted by Crippen LogP contribution is 2.32. The molecule has 1 saturated heterocycles. The Morgan fingerprint density at radius 2 is 1.68 bits per heavy atom. The Hall–Kier alpha value is -0.860. The van der Waals surface area contributed by atoms with Crippen LogP contribution in [0.2, 0.25) is 10.0 Å². The van der Waals surface area contributed by atoms with E-state index in [2.05, 4.69) is 26.1 Å². The van der Waals surface area contributed by atoms with Gasteiger partial charge in [0.25, 0.3) is 5.91 Å². The molecular formula is C19H28Cl2N2O4S. The Kier molecular flexibility index (Phi) is 7.09. The van der Waals surface area contributed by atoms with Gasteiger partial charge in [-0.2, -0.15) is 4.31 Å². The largest absolute Gasteiger partial charge is 0.379 e. The van der Waals surface area contributed by atoms with Gasteiger partial charge in [-0.3, -0.25) is 4.79 Å². The Morgan fingerprint density at radius 1 is 1.11 bits per heavy atom. The van der Waals surface area contributed by atoms with Crippen LogP contribution in [-0.4, -0.2) is 50.5 Å². The average molecular weight is 451 g/mol. The molecule has 1 aromatic carbocycles. The molecular weight excluding hydrogens is 423 g/mol. The molecule has 1 heterocycles. The number of morpholine rings is 1. The molecule has 1 N–H and O–H groups in total. The minimum atomic E-state index is -3.86. The lowest BCUT2D eigenvalue weighted by Crippen LogP contribution is -2.46. The lowest BCUT2D eigenvalue weighted by molar-refractivity contribution is 0.0730. The molecule has 2 rings (SSSR count). The van der Waals surface area contributed by atoms with Gasteiger partial charge < -0.3 is 10.1 Å². The van der Waals surface area contributed by atoms with E-state index in [0.717, 1.165) is 6.42 Å². The van der Waals surface area contributed by atoms with Crippen molar-refractivity contribution >= 4 is 39.1 Å². The van der Waals surface area contributed by atoms with E-state index in [-0.39, 0.29) is 39.0 Å². The second kappa shape index (κ2) is 8.48. The first-order valence-corrected chi connectivity index (χ1v) is 11.3. The molecule has 0 spiro atoms. The second-order valence-corrected chi connectivity index (χ2v) is 11.6. The highest BCUT2D eigenvalue weighted by atomic mass is 35.5. The molecule has 0 saturated carbocycles. The monoisotopic (exact) mass is 450 g/mol. The summed E-state index contributed by atoms with van der Waals surface area (Å²) in [6.07, 6.45) is 0.732. The number of carbonyl (C=O) groups is 1. The summed E-state index contributed by atoms with van der Waals surface area (Å²) in [4.78, 5) is 12.7. The summed E-state index contributed by atoms with van der Waals surface area (Å²) in [5.41, 5.74) is -0.410. The van der Waals surface area contributed by atoms with Crippen molar-refractivity contribution in [1.82, 2.24) is 9.62 Å². The third-order valence-corrected chi connectivity index (χ3v) is 6.95. The minimum Gasteiger partial charge on any atom is -0.379 e. The topological polar surface area (TPSA) is 75.7 Å². The molecule has 1 aromatic rings. The van der Waals surface area contributed by atoms with Crippen molar-refractivity contribution in [1.29, 1.82) is 0 Å². The van der Waals surface area contributed by atoms with E-state index in [1.807, 2.05) is 13.8 Å². The lowest BCUT2D eigenvalue weighted by Gasteiger charge is -2.33.